The average Bonchev–Trinajstić information content (AvgIpc) is 3.39. The summed E-state index contributed by atoms with van der Waals surface area (Å²) in [6, 6.07) is 6.89. The molecule has 0 bridgehead atoms. The molecule has 0 fully saturated rings. The summed E-state index contributed by atoms with van der Waals surface area (Å²) in [6.45, 7) is 3.15. The maximum Gasteiger partial charge on any atom is 0.419 e. The minimum absolute atomic E-state index is 0.0802. The van der Waals surface area contributed by atoms with Crippen molar-refractivity contribution in [1.29, 1.82) is 0 Å². The standard InChI is InChI=1S/C27H20ClF4N3O4S/c1-14(2)35(25(36)21-5-4-16(28)11-34-21)22-10-20(29)24(9-18(22)26(37)38)39-23-6-3-15(7-17-12-33-13-40-17)8-19(23)27(30,31)32/h3-6,8-14H,7H2,1-2H3,(H,37,38). The van der Waals surface area contributed by atoms with Gasteiger partial charge in [0.05, 0.1) is 27.3 Å². The molecule has 1 N–H and O–H groups in total. The summed E-state index contributed by atoms with van der Waals surface area (Å²) in [5.41, 5.74) is -0.254. The van der Waals surface area contributed by atoms with E-state index in [-0.39, 0.29) is 22.8 Å². The maximum absolute atomic E-state index is 15.3. The lowest BCUT2D eigenvalue weighted by molar-refractivity contribution is -0.138. The number of aromatic nitrogens is 2. The van der Waals surface area contributed by atoms with Crippen LogP contribution in [0.5, 0.6) is 11.5 Å². The molecule has 13 heteroatoms. The molecule has 0 spiro atoms. The highest BCUT2D eigenvalue weighted by Gasteiger charge is 2.36. The quantitative estimate of drug-likeness (QED) is 0.213. The molecule has 0 saturated carbocycles. The molecule has 4 rings (SSSR count). The maximum atomic E-state index is 15.3. The third-order valence-corrected chi connectivity index (χ3v) is 6.66. The van der Waals surface area contributed by atoms with Crippen LogP contribution >= 0.6 is 22.9 Å². The molecule has 0 radical (unpaired) electrons. The second-order valence-corrected chi connectivity index (χ2v) is 10.2. The molecular formula is C27H20ClF4N3O4S. The molecule has 2 aromatic heterocycles. The molecule has 0 atom stereocenters. The second-order valence-electron chi connectivity index (χ2n) is 8.81. The molecule has 0 aliphatic carbocycles. The normalized spacial score (nSPS) is 11.5. The van der Waals surface area contributed by atoms with Gasteiger partial charge in [-0.1, -0.05) is 17.7 Å². The van der Waals surface area contributed by atoms with Gasteiger partial charge in [-0.15, -0.1) is 11.3 Å². The number of hydrogen-bond donors (Lipinski definition) is 1. The van der Waals surface area contributed by atoms with Crippen molar-refractivity contribution < 1.29 is 37.0 Å². The second kappa shape index (κ2) is 11.6. The van der Waals surface area contributed by atoms with Crippen molar-refractivity contribution in [3.63, 3.8) is 0 Å². The van der Waals surface area contributed by atoms with E-state index >= 15 is 4.39 Å². The van der Waals surface area contributed by atoms with Gasteiger partial charge in [0.15, 0.2) is 11.6 Å². The fourth-order valence-corrected chi connectivity index (χ4v) is 4.63. The number of pyridine rings is 1. The van der Waals surface area contributed by atoms with Crippen LogP contribution in [0.1, 0.15) is 50.7 Å². The first-order valence-electron chi connectivity index (χ1n) is 11.6. The van der Waals surface area contributed by atoms with Crippen molar-refractivity contribution in [3.05, 3.63) is 98.5 Å². The van der Waals surface area contributed by atoms with Crippen LogP contribution in [0.25, 0.3) is 0 Å². The number of thiazole rings is 1. The zero-order valence-electron chi connectivity index (χ0n) is 20.9. The van der Waals surface area contributed by atoms with Crippen LogP contribution in [0.4, 0.5) is 23.2 Å². The Morgan fingerprint density at radius 1 is 1.10 bits per heavy atom. The number of rotatable bonds is 8. The molecule has 0 aliphatic rings. The molecule has 40 heavy (non-hydrogen) atoms. The number of amides is 1. The number of aromatic carboxylic acids is 1. The number of carboxylic acids is 1. The number of halogens is 5. The lowest BCUT2D eigenvalue weighted by Gasteiger charge is -2.28. The summed E-state index contributed by atoms with van der Waals surface area (Å²) < 4.78 is 62.4. The van der Waals surface area contributed by atoms with Crippen LogP contribution in [-0.2, 0) is 12.6 Å². The third-order valence-electron chi connectivity index (χ3n) is 5.65. The van der Waals surface area contributed by atoms with Crippen molar-refractivity contribution in [2.45, 2.75) is 32.5 Å². The molecule has 1 amide bonds. The SMILES string of the molecule is CC(C)N(C(=O)c1ccc(Cl)cn1)c1cc(F)c(Oc2ccc(Cc3cncs3)cc2C(F)(F)F)cc1C(=O)O. The predicted molar refractivity (Wildman–Crippen MR) is 141 cm³/mol. The van der Waals surface area contributed by atoms with E-state index in [9.17, 15) is 27.9 Å². The number of nitrogens with zero attached hydrogens (tertiary/aromatic N) is 3. The van der Waals surface area contributed by atoms with Gasteiger partial charge in [-0.3, -0.25) is 9.78 Å². The fourth-order valence-electron chi connectivity index (χ4n) is 3.89. The Kier molecular flexibility index (Phi) is 8.40. The highest BCUT2D eigenvalue weighted by molar-refractivity contribution is 7.09. The molecule has 4 aromatic rings. The van der Waals surface area contributed by atoms with Gasteiger partial charge >= 0.3 is 12.1 Å². The summed E-state index contributed by atoms with van der Waals surface area (Å²) in [5.74, 6) is -4.95. The van der Waals surface area contributed by atoms with E-state index in [1.807, 2.05) is 0 Å². The van der Waals surface area contributed by atoms with Crippen molar-refractivity contribution in [3.8, 4) is 11.5 Å². The number of anilines is 1. The summed E-state index contributed by atoms with van der Waals surface area (Å²) in [5, 5.41) is 10.1. The van der Waals surface area contributed by atoms with E-state index < -0.39 is 52.5 Å². The number of carboxylic acid groups (broad SMARTS) is 1. The first-order valence-corrected chi connectivity index (χ1v) is 12.9. The monoisotopic (exact) mass is 593 g/mol. The van der Waals surface area contributed by atoms with Gasteiger partial charge in [0, 0.05) is 41.9 Å². The summed E-state index contributed by atoms with van der Waals surface area (Å²) >= 11 is 7.11. The fraction of sp³-hybridized carbons (Fsp3) is 0.185. The highest BCUT2D eigenvalue weighted by Crippen LogP contribution is 2.41. The van der Waals surface area contributed by atoms with E-state index in [0.717, 1.165) is 34.0 Å². The highest BCUT2D eigenvalue weighted by atomic mass is 35.5. The van der Waals surface area contributed by atoms with Crippen LogP contribution in [0.2, 0.25) is 5.02 Å². The number of carbonyl (C=O) groups excluding carboxylic acids is 1. The summed E-state index contributed by atoms with van der Waals surface area (Å²) in [6.07, 6.45) is -1.88. The topological polar surface area (TPSA) is 92.6 Å². The van der Waals surface area contributed by atoms with Crippen LogP contribution in [0.3, 0.4) is 0 Å². The zero-order chi connectivity index (χ0) is 29.2. The van der Waals surface area contributed by atoms with Gasteiger partial charge in [0.25, 0.3) is 5.91 Å². The van der Waals surface area contributed by atoms with E-state index in [0.29, 0.717) is 5.56 Å². The molecule has 0 saturated heterocycles. The lowest BCUT2D eigenvalue weighted by Crippen LogP contribution is -2.38. The smallest absolute Gasteiger partial charge is 0.419 e. The molecule has 2 heterocycles. The number of alkyl halides is 3. The van der Waals surface area contributed by atoms with Crippen molar-refractivity contribution in [1.82, 2.24) is 9.97 Å². The van der Waals surface area contributed by atoms with Gasteiger partial charge in [0.2, 0.25) is 0 Å². The van der Waals surface area contributed by atoms with Crippen LogP contribution in [0.15, 0.2) is 60.4 Å². The first-order chi connectivity index (χ1) is 18.8. The van der Waals surface area contributed by atoms with Crippen molar-refractivity contribution >= 4 is 40.5 Å². The molecule has 0 unspecified atom stereocenters. The van der Waals surface area contributed by atoms with E-state index in [1.165, 1.54) is 35.7 Å². The minimum Gasteiger partial charge on any atom is -0.478 e. The van der Waals surface area contributed by atoms with Crippen LogP contribution in [0, 0.1) is 5.82 Å². The first kappa shape index (κ1) is 29.0. The largest absolute Gasteiger partial charge is 0.478 e. The van der Waals surface area contributed by atoms with Gasteiger partial charge in [-0.2, -0.15) is 13.2 Å². The molecular weight excluding hydrogens is 574 g/mol. The number of carbonyl (C=O) groups is 2. The van der Waals surface area contributed by atoms with Gasteiger partial charge in [0.1, 0.15) is 11.4 Å². The van der Waals surface area contributed by atoms with Crippen molar-refractivity contribution in [2.75, 3.05) is 4.90 Å². The van der Waals surface area contributed by atoms with Crippen molar-refractivity contribution in [2.24, 2.45) is 0 Å². The molecule has 0 aliphatic heterocycles. The Labute approximate surface area is 234 Å². The Morgan fingerprint density at radius 2 is 1.85 bits per heavy atom. The zero-order valence-corrected chi connectivity index (χ0v) is 22.4. The predicted octanol–water partition coefficient (Wildman–Crippen LogP) is 7.49. The lowest BCUT2D eigenvalue weighted by atomic mass is 10.1. The minimum atomic E-state index is -4.85. The Hall–Kier alpha value is -4.03. The number of ether oxygens (including phenoxy) is 1. The Balaban J connectivity index is 1.74. The van der Waals surface area contributed by atoms with E-state index in [1.54, 1.807) is 25.6 Å². The van der Waals surface area contributed by atoms with Gasteiger partial charge in [-0.25, -0.2) is 14.2 Å². The average molecular weight is 594 g/mol. The molecule has 2 aromatic carbocycles. The molecule has 208 valence electrons. The van der Waals surface area contributed by atoms with E-state index in [2.05, 4.69) is 9.97 Å². The summed E-state index contributed by atoms with van der Waals surface area (Å²) in [7, 11) is 0. The number of hydrogen-bond acceptors (Lipinski definition) is 6. The number of benzene rings is 2. The van der Waals surface area contributed by atoms with Crippen LogP contribution in [-0.4, -0.2) is 33.0 Å². The summed E-state index contributed by atoms with van der Waals surface area (Å²) in [4.78, 5) is 35.0. The van der Waals surface area contributed by atoms with Crippen LogP contribution < -0.4 is 9.64 Å². The van der Waals surface area contributed by atoms with Gasteiger partial charge < -0.3 is 14.7 Å². The van der Waals surface area contributed by atoms with E-state index in [4.69, 9.17) is 16.3 Å². The Bertz CT molecular complexity index is 1540. The third kappa shape index (κ3) is 6.40. The molecule has 7 nitrogen and oxygen atoms in total. The van der Waals surface area contributed by atoms with Gasteiger partial charge in [-0.05, 0) is 43.7 Å². The Morgan fingerprint density at radius 3 is 2.42 bits per heavy atom.